The standard InChI is InChI=1S/C17H17N3O6/c1-26-17(23)14(9-12-5-3-2-4-6-12)18-15(21)11-19-10-13(20(24)25)7-8-16(19)22/h2-8,10,14H,9,11H2,1H3,(H,18,21)/t14-/m0/s1. The molecule has 1 N–H and O–H groups in total. The highest BCUT2D eigenvalue weighted by Crippen LogP contribution is 2.07. The molecule has 0 spiro atoms. The molecule has 1 amide bonds. The molecule has 0 unspecified atom stereocenters. The van der Waals surface area contributed by atoms with Crippen molar-refractivity contribution in [1.29, 1.82) is 0 Å². The Bertz CT molecular complexity index is 862. The first-order chi connectivity index (χ1) is 12.4. The fraction of sp³-hybridized carbons (Fsp3) is 0.235. The summed E-state index contributed by atoms with van der Waals surface area (Å²) in [5, 5.41) is 13.3. The van der Waals surface area contributed by atoms with Crippen molar-refractivity contribution in [2.24, 2.45) is 0 Å². The number of carbonyl (C=O) groups excluding carboxylic acids is 2. The highest BCUT2D eigenvalue weighted by molar-refractivity contribution is 5.84. The summed E-state index contributed by atoms with van der Waals surface area (Å²) in [5.74, 6) is -1.27. The second-order valence-electron chi connectivity index (χ2n) is 5.44. The fourth-order valence-corrected chi connectivity index (χ4v) is 2.33. The molecule has 9 heteroatoms. The normalized spacial score (nSPS) is 11.4. The third-order valence-electron chi connectivity index (χ3n) is 3.60. The number of nitrogens with one attached hydrogen (secondary N) is 1. The van der Waals surface area contributed by atoms with Crippen LogP contribution in [0.25, 0.3) is 0 Å². The van der Waals surface area contributed by atoms with E-state index in [1.54, 1.807) is 24.3 Å². The molecule has 0 fully saturated rings. The minimum Gasteiger partial charge on any atom is -0.467 e. The van der Waals surface area contributed by atoms with Crippen LogP contribution in [-0.2, 0) is 27.3 Å². The maximum atomic E-state index is 12.2. The zero-order chi connectivity index (χ0) is 19.1. The van der Waals surface area contributed by atoms with Gasteiger partial charge in [-0.2, -0.15) is 0 Å². The fourth-order valence-electron chi connectivity index (χ4n) is 2.33. The topological polar surface area (TPSA) is 121 Å². The van der Waals surface area contributed by atoms with Crippen LogP contribution in [0.5, 0.6) is 0 Å². The number of aromatic nitrogens is 1. The van der Waals surface area contributed by atoms with Crippen LogP contribution in [0.2, 0.25) is 0 Å². The van der Waals surface area contributed by atoms with Crippen molar-refractivity contribution in [3.8, 4) is 0 Å². The second kappa shape index (κ2) is 8.56. The Morgan fingerprint density at radius 2 is 1.92 bits per heavy atom. The van der Waals surface area contributed by atoms with Gasteiger partial charge in [-0.05, 0) is 5.56 Å². The first-order valence-electron chi connectivity index (χ1n) is 7.66. The molecule has 0 saturated carbocycles. The van der Waals surface area contributed by atoms with Crippen LogP contribution in [0.3, 0.4) is 0 Å². The summed E-state index contributed by atoms with van der Waals surface area (Å²) in [6.07, 6.45) is 1.19. The molecule has 2 aromatic rings. The molecule has 26 heavy (non-hydrogen) atoms. The smallest absolute Gasteiger partial charge is 0.328 e. The van der Waals surface area contributed by atoms with E-state index in [-0.39, 0.29) is 12.1 Å². The lowest BCUT2D eigenvalue weighted by Crippen LogP contribution is -2.45. The van der Waals surface area contributed by atoms with Gasteiger partial charge < -0.3 is 10.1 Å². The van der Waals surface area contributed by atoms with Crippen molar-refractivity contribution in [3.63, 3.8) is 0 Å². The molecule has 9 nitrogen and oxygen atoms in total. The van der Waals surface area contributed by atoms with Crippen LogP contribution in [0, 0.1) is 10.1 Å². The Morgan fingerprint density at radius 1 is 1.23 bits per heavy atom. The molecule has 1 aromatic heterocycles. The number of ether oxygens (including phenoxy) is 1. The number of carbonyl (C=O) groups is 2. The molecule has 0 radical (unpaired) electrons. The summed E-state index contributed by atoms with van der Waals surface area (Å²) in [7, 11) is 1.21. The average Bonchev–Trinajstić information content (AvgIpc) is 2.63. The summed E-state index contributed by atoms with van der Waals surface area (Å²) in [6.45, 7) is -0.456. The molecule has 0 saturated heterocycles. The van der Waals surface area contributed by atoms with Crippen LogP contribution >= 0.6 is 0 Å². The number of nitrogens with zero attached hydrogens (tertiary/aromatic N) is 2. The molecule has 0 aliphatic carbocycles. The van der Waals surface area contributed by atoms with E-state index in [4.69, 9.17) is 4.74 Å². The third-order valence-corrected chi connectivity index (χ3v) is 3.60. The molecule has 0 aliphatic rings. The number of amides is 1. The van der Waals surface area contributed by atoms with Crippen LogP contribution in [0.15, 0.2) is 53.5 Å². The molecular weight excluding hydrogens is 342 g/mol. The Labute approximate surface area is 148 Å². The van der Waals surface area contributed by atoms with Crippen LogP contribution in [0.4, 0.5) is 5.69 Å². The molecule has 1 aromatic carbocycles. The van der Waals surface area contributed by atoms with Gasteiger partial charge in [-0.25, -0.2) is 4.79 Å². The van der Waals surface area contributed by atoms with Gasteiger partial charge >= 0.3 is 5.97 Å². The summed E-state index contributed by atoms with van der Waals surface area (Å²) in [5.41, 5.74) is -0.0645. The van der Waals surface area contributed by atoms with Gasteiger partial charge in [0.1, 0.15) is 12.6 Å². The number of methoxy groups -OCH3 is 1. The molecule has 1 atom stereocenters. The van der Waals surface area contributed by atoms with Crippen molar-refractivity contribution >= 4 is 17.6 Å². The van der Waals surface area contributed by atoms with E-state index in [0.29, 0.717) is 0 Å². The summed E-state index contributed by atoms with van der Waals surface area (Å²) < 4.78 is 5.61. The highest BCUT2D eigenvalue weighted by atomic mass is 16.6. The van der Waals surface area contributed by atoms with Gasteiger partial charge in [-0.3, -0.25) is 24.3 Å². The van der Waals surface area contributed by atoms with Gasteiger partial charge in [0, 0.05) is 18.6 Å². The quantitative estimate of drug-likeness (QED) is 0.440. The number of esters is 1. The maximum absolute atomic E-state index is 12.2. The Balaban J connectivity index is 2.12. The molecule has 136 valence electrons. The number of rotatable bonds is 7. The van der Waals surface area contributed by atoms with Crippen molar-refractivity contribution < 1.29 is 19.2 Å². The third kappa shape index (κ3) is 5.00. The Morgan fingerprint density at radius 3 is 2.54 bits per heavy atom. The summed E-state index contributed by atoms with van der Waals surface area (Å²) in [6, 6.07) is 10.1. The number of nitro groups is 1. The van der Waals surface area contributed by atoms with E-state index in [1.807, 2.05) is 6.07 Å². The Kier molecular flexibility index (Phi) is 6.20. The number of pyridine rings is 1. The van der Waals surface area contributed by atoms with E-state index in [1.165, 1.54) is 7.11 Å². The van der Waals surface area contributed by atoms with Crippen molar-refractivity contribution in [2.45, 2.75) is 19.0 Å². The molecular formula is C17H17N3O6. The minimum absolute atomic E-state index is 0.211. The lowest BCUT2D eigenvalue weighted by Gasteiger charge is -2.17. The van der Waals surface area contributed by atoms with E-state index >= 15 is 0 Å². The molecule has 0 aliphatic heterocycles. The van der Waals surface area contributed by atoms with Crippen molar-refractivity contribution in [1.82, 2.24) is 9.88 Å². The molecule has 0 bridgehead atoms. The van der Waals surface area contributed by atoms with Gasteiger partial charge in [0.25, 0.3) is 11.2 Å². The average molecular weight is 359 g/mol. The zero-order valence-corrected chi connectivity index (χ0v) is 14.0. The number of benzene rings is 1. The van der Waals surface area contributed by atoms with E-state index < -0.39 is 34.9 Å². The molecule has 1 heterocycles. The lowest BCUT2D eigenvalue weighted by molar-refractivity contribution is -0.385. The van der Waals surface area contributed by atoms with Crippen LogP contribution in [0.1, 0.15) is 5.56 Å². The Hall–Kier alpha value is -3.49. The zero-order valence-electron chi connectivity index (χ0n) is 14.0. The summed E-state index contributed by atoms with van der Waals surface area (Å²) in [4.78, 5) is 46.0. The predicted octanol–water partition coefficient (Wildman–Crippen LogP) is 0.657. The van der Waals surface area contributed by atoms with Crippen molar-refractivity contribution in [2.75, 3.05) is 7.11 Å². The predicted molar refractivity (Wildman–Crippen MR) is 91.4 cm³/mol. The lowest BCUT2D eigenvalue weighted by atomic mass is 10.1. The van der Waals surface area contributed by atoms with Gasteiger partial charge in [0.05, 0.1) is 18.2 Å². The van der Waals surface area contributed by atoms with Crippen LogP contribution in [-0.4, -0.2) is 34.5 Å². The monoisotopic (exact) mass is 359 g/mol. The molecule has 2 rings (SSSR count). The maximum Gasteiger partial charge on any atom is 0.328 e. The van der Waals surface area contributed by atoms with E-state index in [9.17, 15) is 24.5 Å². The number of hydrogen-bond acceptors (Lipinski definition) is 6. The van der Waals surface area contributed by atoms with Gasteiger partial charge in [0.2, 0.25) is 5.91 Å². The summed E-state index contributed by atoms with van der Waals surface area (Å²) >= 11 is 0. The largest absolute Gasteiger partial charge is 0.467 e. The first kappa shape index (κ1) is 18.8. The van der Waals surface area contributed by atoms with Crippen molar-refractivity contribution in [3.05, 3.63) is 74.7 Å². The highest BCUT2D eigenvalue weighted by Gasteiger charge is 2.22. The van der Waals surface area contributed by atoms with E-state index in [2.05, 4.69) is 5.32 Å². The number of hydrogen-bond donors (Lipinski definition) is 1. The second-order valence-corrected chi connectivity index (χ2v) is 5.44. The van der Waals surface area contributed by atoms with Gasteiger partial charge in [-0.1, -0.05) is 30.3 Å². The first-order valence-corrected chi connectivity index (χ1v) is 7.66. The van der Waals surface area contributed by atoms with E-state index in [0.717, 1.165) is 28.5 Å². The minimum atomic E-state index is -0.940. The van der Waals surface area contributed by atoms with Gasteiger partial charge in [-0.15, -0.1) is 0 Å². The SMILES string of the molecule is COC(=O)[C@H](Cc1ccccc1)NC(=O)Cn1cc([N+](=O)[O-])ccc1=O. The van der Waals surface area contributed by atoms with Crippen LogP contribution < -0.4 is 10.9 Å². The van der Waals surface area contributed by atoms with Gasteiger partial charge in [0.15, 0.2) is 0 Å².